The molecule has 2 saturated heterocycles. The summed E-state index contributed by atoms with van der Waals surface area (Å²) in [6.07, 6.45) is 3.87. The number of aryl methyl sites for hydroxylation is 1. The minimum Gasteiger partial charge on any atom is -0.462 e. The van der Waals surface area contributed by atoms with Crippen molar-refractivity contribution in [2.75, 3.05) is 24.5 Å². The number of anilines is 1. The first-order valence-electron chi connectivity index (χ1n) is 9.15. The van der Waals surface area contributed by atoms with Crippen molar-refractivity contribution in [3.63, 3.8) is 0 Å². The molecule has 2 aliphatic rings. The van der Waals surface area contributed by atoms with Gasteiger partial charge in [0.2, 0.25) is 0 Å². The van der Waals surface area contributed by atoms with Gasteiger partial charge in [0.25, 0.3) is 11.1 Å². The van der Waals surface area contributed by atoms with Crippen LogP contribution in [0, 0.1) is 6.92 Å². The third-order valence-electron chi connectivity index (χ3n) is 4.54. The molecule has 27 heavy (non-hydrogen) atoms. The molecule has 3 rings (SSSR count). The highest BCUT2D eigenvalue weighted by Gasteiger charge is 2.36. The lowest BCUT2D eigenvalue weighted by Crippen LogP contribution is -2.35. The number of benzene rings is 1. The van der Waals surface area contributed by atoms with E-state index in [0.717, 1.165) is 40.9 Å². The summed E-state index contributed by atoms with van der Waals surface area (Å²) in [6.45, 7) is 7.23. The molecule has 6 nitrogen and oxygen atoms in total. The third kappa shape index (κ3) is 4.53. The van der Waals surface area contributed by atoms with E-state index in [9.17, 15) is 14.4 Å². The monoisotopic (exact) mass is 388 g/mol. The van der Waals surface area contributed by atoms with Crippen LogP contribution in [0.25, 0.3) is 6.08 Å². The molecule has 0 N–H and O–H groups in total. The van der Waals surface area contributed by atoms with Gasteiger partial charge in [0.05, 0.1) is 11.0 Å². The molecule has 2 heterocycles. The molecule has 0 atom stereocenters. The first kappa shape index (κ1) is 19.5. The molecule has 0 bridgehead atoms. The van der Waals surface area contributed by atoms with E-state index in [1.807, 2.05) is 13.0 Å². The lowest BCUT2D eigenvalue weighted by Gasteiger charge is -2.18. The fourth-order valence-electron chi connectivity index (χ4n) is 3.20. The number of imide groups is 1. The number of hydrogen-bond acceptors (Lipinski definition) is 6. The van der Waals surface area contributed by atoms with Crippen LogP contribution in [-0.2, 0) is 14.3 Å². The summed E-state index contributed by atoms with van der Waals surface area (Å²) in [6, 6.07) is 6.14. The Kier molecular flexibility index (Phi) is 5.89. The van der Waals surface area contributed by atoms with Crippen LogP contribution in [-0.4, -0.2) is 47.8 Å². The second-order valence-corrected chi connectivity index (χ2v) is 8.03. The van der Waals surface area contributed by atoms with E-state index >= 15 is 0 Å². The molecule has 2 amide bonds. The number of carbonyl (C=O) groups is 3. The highest BCUT2D eigenvalue weighted by atomic mass is 32.2. The second-order valence-electron chi connectivity index (χ2n) is 7.04. The number of rotatable bonds is 5. The minimum absolute atomic E-state index is 0.287. The van der Waals surface area contributed by atoms with Crippen molar-refractivity contribution in [1.82, 2.24) is 4.90 Å². The normalized spacial score (nSPS) is 18.9. The zero-order valence-corrected chi connectivity index (χ0v) is 16.7. The first-order valence-corrected chi connectivity index (χ1v) is 9.97. The molecular weight excluding hydrogens is 364 g/mol. The average molecular weight is 388 g/mol. The number of amides is 2. The number of thioether (sulfide) groups is 1. The van der Waals surface area contributed by atoms with Gasteiger partial charge in [-0.3, -0.25) is 19.3 Å². The number of ether oxygens (including phenoxy) is 1. The van der Waals surface area contributed by atoms with Crippen LogP contribution in [0.3, 0.4) is 0 Å². The zero-order chi connectivity index (χ0) is 19.6. The van der Waals surface area contributed by atoms with Gasteiger partial charge in [0, 0.05) is 18.8 Å². The van der Waals surface area contributed by atoms with Gasteiger partial charge in [-0.25, -0.2) is 0 Å². The smallest absolute Gasteiger partial charge is 0.326 e. The second kappa shape index (κ2) is 8.17. The summed E-state index contributed by atoms with van der Waals surface area (Å²) in [5.74, 6) is -1.03. The topological polar surface area (TPSA) is 66.9 Å². The molecule has 1 aromatic rings. The van der Waals surface area contributed by atoms with E-state index in [-0.39, 0.29) is 12.6 Å². The van der Waals surface area contributed by atoms with Crippen LogP contribution in [0.2, 0.25) is 0 Å². The Bertz CT molecular complexity index is 797. The van der Waals surface area contributed by atoms with Crippen molar-refractivity contribution in [3.05, 3.63) is 34.2 Å². The molecule has 0 aromatic heterocycles. The molecule has 0 spiro atoms. The molecule has 0 unspecified atom stereocenters. The molecule has 144 valence electrons. The highest BCUT2D eigenvalue weighted by Crippen LogP contribution is 2.33. The Balaban J connectivity index is 1.74. The summed E-state index contributed by atoms with van der Waals surface area (Å²) in [5, 5.41) is -0.446. The Morgan fingerprint density at radius 1 is 1.26 bits per heavy atom. The number of hydrogen-bond donors (Lipinski definition) is 0. The van der Waals surface area contributed by atoms with Crippen molar-refractivity contribution in [2.24, 2.45) is 0 Å². The van der Waals surface area contributed by atoms with Crippen LogP contribution in [0.5, 0.6) is 0 Å². The molecule has 1 aromatic carbocycles. The Morgan fingerprint density at radius 2 is 1.96 bits per heavy atom. The van der Waals surface area contributed by atoms with Crippen molar-refractivity contribution >= 4 is 40.6 Å². The van der Waals surface area contributed by atoms with Crippen molar-refractivity contribution in [3.8, 4) is 0 Å². The predicted molar refractivity (Wildman–Crippen MR) is 107 cm³/mol. The Morgan fingerprint density at radius 3 is 2.59 bits per heavy atom. The number of esters is 1. The van der Waals surface area contributed by atoms with Gasteiger partial charge in [-0.2, -0.15) is 0 Å². The summed E-state index contributed by atoms with van der Waals surface area (Å²) >= 11 is 0.856. The molecule has 0 radical (unpaired) electrons. The van der Waals surface area contributed by atoms with E-state index in [4.69, 9.17) is 4.74 Å². The highest BCUT2D eigenvalue weighted by molar-refractivity contribution is 8.18. The van der Waals surface area contributed by atoms with Crippen LogP contribution in [0.1, 0.15) is 37.8 Å². The van der Waals surface area contributed by atoms with Gasteiger partial charge < -0.3 is 9.64 Å². The van der Waals surface area contributed by atoms with E-state index < -0.39 is 17.1 Å². The lowest BCUT2D eigenvalue weighted by atomic mass is 10.1. The SMILES string of the molecule is Cc1cc(N2CCCC2)ccc1/C=C1/SC(=O)N(CC(=O)OC(C)C)C1=O. The van der Waals surface area contributed by atoms with E-state index in [1.165, 1.54) is 18.5 Å². The lowest BCUT2D eigenvalue weighted by molar-refractivity contribution is -0.149. The van der Waals surface area contributed by atoms with Crippen LogP contribution in [0.4, 0.5) is 10.5 Å². The predicted octanol–water partition coefficient (Wildman–Crippen LogP) is 3.58. The van der Waals surface area contributed by atoms with Crippen molar-refractivity contribution in [2.45, 2.75) is 39.7 Å². The van der Waals surface area contributed by atoms with Crippen LogP contribution < -0.4 is 4.90 Å². The maximum absolute atomic E-state index is 12.5. The number of nitrogens with zero attached hydrogens (tertiary/aromatic N) is 2. The molecule has 2 aliphatic heterocycles. The van der Waals surface area contributed by atoms with Gasteiger partial charge in [-0.15, -0.1) is 0 Å². The molecule has 2 fully saturated rings. The van der Waals surface area contributed by atoms with Gasteiger partial charge in [-0.1, -0.05) is 6.07 Å². The third-order valence-corrected chi connectivity index (χ3v) is 5.45. The van der Waals surface area contributed by atoms with Gasteiger partial charge >= 0.3 is 5.97 Å². The summed E-state index contributed by atoms with van der Waals surface area (Å²) in [5.41, 5.74) is 3.13. The average Bonchev–Trinajstić information content (AvgIpc) is 3.21. The van der Waals surface area contributed by atoms with Gasteiger partial charge in [-0.05, 0) is 74.7 Å². The Labute approximate surface area is 163 Å². The summed E-state index contributed by atoms with van der Waals surface area (Å²) in [7, 11) is 0. The number of carbonyl (C=O) groups excluding carboxylic acids is 3. The maximum atomic E-state index is 12.5. The van der Waals surface area contributed by atoms with E-state index in [0.29, 0.717) is 4.91 Å². The zero-order valence-electron chi connectivity index (χ0n) is 15.9. The molecular formula is C20H24N2O4S. The van der Waals surface area contributed by atoms with Crippen molar-refractivity contribution < 1.29 is 19.1 Å². The largest absolute Gasteiger partial charge is 0.462 e. The summed E-state index contributed by atoms with van der Waals surface area (Å²) < 4.78 is 5.02. The maximum Gasteiger partial charge on any atom is 0.326 e. The minimum atomic E-state index is -0.584. The summed E-state index contributed by atoms with van der Waals surface area (Å²) in [4.78, 5) is 40.1. The molecule has 7 heteroatoms. The molecule has 0 saturated carbocycles. The Hall–Kier alpha value is -2.28. The van der Waals surface area contributed by atoms with Crippen molar-refractivity contribution in [1.29, 1.82) is 0 Å². The van der Waals surface area contributed by atoms with Crippen LogP contribution >= 0.6 is 11.8 Å². The van der Waals surface area contributed by atoms with Gasteiger partial charge in [0.15, 0.2) is 0 Å². The standard InChI is InChI=1S/C20H24N2O4S/c1-13(2)26-18(23)12-22-19(24)17(27-20(22)25)11-15-6-7-16(10-14(15)3)21-8-4-5-9-21/h6-7,10-11,13H,4-5,8-9,12H2,1-3H3/b17-11+. The van der Waals surface area contributed by atoms with E-state index in [1.54, 1.807) is 19.9 Å². The van der Waals surface area contributed by atoms with Gasteiger partial charge in [0.1, 0.15) is 6.54 Å². The van der Waals surface area contributed by atoms with Crippen LogP contribution in [0.15, 0.2) is 23.1 Å². The fourth-order valence-corrected chi connectivity index (χ4v) is 4.03. The molecule has 0 aliphatic carbocycles. The van der Waals surface area contributed by atoms with E-state index in [2.05, 4.69) is 17.0 Å². The fraction of sp³-hybridized carbons (Fsp3) is 0.450. The first-order chi connectivity index (χ1) is 12.8. The quantitative estimate of drug-likeness (QED) is 0.567.